The van der Waals surface area contributed by atoms with E-state index in [4.69, 9.17) is 9.98 Å². The lowest BCUT2D eigenvalue weighted by molar-refractivity contribution is -0.116. The number of pyridine rings is 1. The molecular weight excluding hydrogens is 1210 g/mol. The van der Waals surface area contributed by atoms with Crippen molar-refractivity contribution >= 4 is 103 Å². The number of hydrogen-bond acceptors (Lipinski definition) is 13. The predicted molar refractivity (Wildman–Crippen MR) is 416 cm³/mol. The van der Waals surface area contributed by atoms with E-state index >= 15 is 0 Å². The molecule has 0 aliphatic rings. The minimum absolute atomic E-state index is 0.0298. The van der Waals surface area contributed by atoms with Crippen LogP contribution in [0.1, 0.15) is 235 Å². The van der Waals surface area contributed by atoms with Gasteiger partial charge in [-0.3, -0.25) is 58.7 Å². The minimum Gasteiger partial charge on any atom is -0.300 e. The van der Waals surface area contributed by atoms with Crippen molar-refractivity contribution in [1.82, 2.24) is 4.98 Å². The van der Waals surface area contributed by atoms with Gasteiger partial charge in [-0.1, -0.05) is 156 Å². The van der Waals surface area contributed by atoms with Crippen molar-refractivity contribution in [3.8, 4) is 0 Å². The van der Waals surface area contributed by atoms with Crippen LogP contribution in [0.5, 0.6) is 0 Å². The summed E-state index contributed by atoms with van der Waals surface area (Å²) in [6.45, 7) is 44.1. The molecule has 0 N–H and O–H groups in total. The molecule has 0 amide bonds. The van der Waals surface area contributed by atoms with Crippen molar-refractivity contribution in [3.63, 3.8) is 0 Å². The molecule has 7 rings (SSSR count). The van der Waals surface area contributed by atoms with Crippen LogP contribution in [0.3, 0.4) is 0 Å². The van der Waals surface area contributed by atoms with Gasteiger partial charge in [-0.25, -0.2) is 4.98 Å². The van der Waals surface area contributed by atoms with E-state index in [-0.39, 0.29) is 34.7 Å². The van der Waals surface area contributed by atoms with Crippen molar-refractivity contribution in [2.75, 3.05) is 0 Å². The van der Waals surface area contributed by atoms with Crippen molar-refractivity contribution in [1.29, 1.82) is 0 Å². The van der Waals surface area contributed by atoms with E-state index in [0.717, 1.165) is 92.5 Å². The number of nitrogens with zero attached hydrogens (tertiary/aromatic N) is 7. The fourth-order valence-corrected chi connectivity index (χ4v) is 10.2. The zero-order chi connectivity index (χ0) is 73.8. The van der Waals surface area contributed by atoms with E-state index in [1.807, 2.05) is 146 Å². The number of benzene rings is 6. The Morgan fingerprint density at radius 3 is 1.14 bits per heavy atom. The van der Waals surface area contributed by atoms with E-state index in [0.29, 0.717) is 49.6 Å². The molecule has 7 aromatic rings. The third-order valence-corrected chi connectivity index (χ3v) is 14.7. The second-order valence-electron chi connectivity index (χ2n) is 25.7. The molecule has 13 heteroatoms. The summed E-state index contributed by atoms with van der Waals surface area (Å²) in [5.74, 6) is 1.61. The number of carbonyl (C=O) groups excluding carboxylic acids is 6. The smallest absolute Gasteiger partial charge is 0.178 e. The van der Waals surface area contributed by atoms with Crippen molar-refractivity contribution in [2.24, 2.45) is 30.0 Å². The molecule has 98 heavy (non-hydrogen) atoms. The zero-order valence-corrected chi connectivity index (χ0v) is 63.0. The Morgan fingerprint density at radius 1 is 0.347 bits per heavy atom. The SMILES string of the molecule is CC(=O)CC(C)=Nc1c(C(C)C)cccc1C(C)C.CC(=O)CC(C)=Nc1c(C)cc(C)cc1C.CC(=O)CC(C)=Nc1ccc(C)cc1.CC(=O)CC(C)=Nc1ccccc1.CC(=O)CC(C)=Nc1ccccc1C.CCc1cccc(CC)c1N=C(C)c1cccc(C(C)=O)n1. The topological polar surface area (TPSA) is 189 Å². The molecule has 0 bridgehead atoms. The van der Waals surface area contributed by atoms with Crippen LogP contribution in [0, 0.1) is 34.6 Å². The molecule has 0 spiro atoms. The van der Waals surface area contributed by atoms with E-state index in [1.54, 1.807) is 40.7 Å². The first-order valence-corrected chi connectivity index (χ1v) is 33.8. The van der Waals surface area contributed by atoms with Gasteiger partial charge in [0.1, 0.15) is 34.6 Å². The first kappa shape index (κ1) is 84.6. The molecule has 520 valence electrons. The fourth-order valence-electron chi connectivity index (χ4n) is 10.2. The molecule has 0 aliphatic carbocycles. The van der Waals surface area contributed by atoms with Crippen LogP contribution >= 0.6 is 0 Å². The summed E-state index contributed by atoms with van der Waals surface area (Å²) >= 11 is 0. The highest BCUT2D eigenvalue weighted by atomic mass is 16.1. The largest absolute Gasteiger partial charge is 0.300 e. The van der Waals surface area contributed by atoms with E-state index < -0.39 is 0 Å². The minimum atomic E-state index is -0.0298. The number of aromatic nitrogens is 1. The van der Waals surface area contributed by atoms with Gasteiger partial charge in [-0.05, 0) is 217 Å². The molecule has 6 aromatic carbocycles. The Hall–Kier alpha value is -9.49. The molecule has 1 aromatic heterocycles. The molecule has 0 fully saturated rings. The maximum atomic E-state index is 11.5. The standard InChI is InChI=1S/C19H22N2O.C17H25NO.C14H19NO.2C12H15NO.C11H13NO/c1-5-15-9-7-10-16(6-2)19(15)20-13(3)17-11-8-12-18(21-17)14(4)22;1-11(2)15-8-7-9-16(12(3)4)17(15)18-13(5)10-14(6)19;1-9-6-10(2)14(11(3)7-9)15-12(4)8-13(5)16;1-9-4-6-12(7-5-9)13-10(2)8-11(3)14;1-9-6-4-5-7-12(9)13-10(2)8-11(3)14;1-9(8-10(2)13)12-11-6-4-3-5-7-11/h7-12H,5-6H2,1-4H3;7-9,11-12H,10H2,1-6H3;6-7H,8H2,1-5H3;2*4-7H,8H2,1-3H3;3-7H,8H2,1-2H3. The summed E-state index contributed by atoms with van der Waals surface area (Å²) in [6, 6.07) is 47.9. The lowest BCUT2D eigenvalue weighted by atomic mass is 9.93. The monoisotopic (exact) mass is 1320 g/mol. The van der Waals surface area contributed by atoms with Crippen LogP contribution in [0.15, 0.2) is 176 Å². The van der Waals surface area contributed by atoms with Gasteiger partial charge < -0.3 is 0 Å². The number of aliphatic imine (C=N–C) groups is 6. The first-order chi connectivity index (χ1) is 46.1. The van der Waals surface area contributed by atoms with Crippen molar-refractivity contribution in [2.45, 2.75) is 216 Å². The number of ketones is 6. The van der Waals surface area contributed by atoms with Crippen LogP contribution in [0.25, 0.3) is 0 Å². The van der Waals surface area contributed by atoms with Crippen LogP contribution in [-0.2, 0) is 36.8 Å². The predicted octanol–water partition coefficient (Wildman–Crippen LogP) is 22.1. The summed E-state index contributed by atoms with van der Waals surface area (Å²) in [6.07, 6.45) is 4.08. The van der Waals surface area contributed by atoms with Crippen LogP contribution < -0.4 is 0 Å². The molecule has 0 saturated carbocycles. The second-order valence-corrected chi connectivity index (χ2v) is 25.7. The number of aryl methyl sites for hydroxylation is 7. The van der Waals surface area contributed by atoms with Crippen molar-refractivity contribution in [3.05, 3.63) is 207 Å². The van der Waals surface area contributed by atoms with E-state index in [1.165, 1.54) is 51.4 Å². The van der Waals surface area contributed by atoms with Gasteiger partial charge in [-0.2, -0.15) is 0 Å². The summed E-state index contributed by atoms with van der Waals surface area (Å²) in [5.41, 5.74) is 23.2. The molecule has 13 nitrogen and oxygen atoms in total. The van der Waals surface area contributed by atoms with Gasteiger partial charge >= 0.3 is 0 Å². The molecule has 0 saturated heterocycles. The average Bonchev–Trinajstić information content (AvgIpc) is 0.842. The first-order valence-electron chi connectivity index (χ1n) is 33.8. The van der Waals surface area contributed by atoms with Crippen LogP contribution in [0.2, 0.25) is 0 Å². The quantitative estimate of drug-likeness (QED) is 0.0476. The number of para-hydroxylation sites is 4. The summed E-state index contributed by atoms with van der Waals surface area (Å²) in [4.78, 5) is 97.6. The lowest BCUT2D eigenvalue weighted by Gasteiger charge is -2.17. The third kappa shape index (κ3) is 33.5. The normalized spacial score (nSPS) is 11.7. The lowest BCUT2D eigenvalue weighted by Crippen LogP contribution is -2.04. The second kappa shape index (κ2) is 44.4. The highest BCUT2D eigenvalue weighted by Gasteiger charge is 2.15. The average molecular weight is 1320 g/mol. The van der Waals surface area contributed by atoms with Gasteiger partial charge in [0.05, 0.1) is 45.5 Å². The van der Waals surface area contributed by atoms with Gasteiger partial charge in [0.15, 0.2) is 5.78 Å². The van der Waals surface area contributed by atoms with Gasteiger partial charge in [-0.15, -0.1) is 0 Å². The van der Waals surface area contributed by atoms with Crippen LogP contribution in [0.4, 0.5) is 34.1 Å². The Labute approximate surface area is 586 Å². The fraction of sp³-hybridized carbons (Fsp3) is 0.376. The Balaban J connectivity index is 0.000000404. The third-order valence-electron chi connectivity index (χ3n) is 14.7. The van der Waals surface area contributed by atoms with Crippen molar-refractivity contribution < 1.29 is 28.8 Å². The van der Waals surface area contributed by atoms with E-state index in [2.05, 4.69) is 136 Å². The van der Waals surface area contributed by atoms with Gasteiger partial charge in [0, 0.05) is 67.6 Å². The summed E-state index contributed by atoms with van der Waals surface area (Å²) in [5, 5.41) is 0. The van der Waals surface area contributed by atoms with Crippen LogP contribution in [-0.4, -0.2) is 74.0 Å². The molecule has 0 unspecified atom stereocenters. The molecule has 0 aliphatic heterocycles. The number of Topliss-reactive ketones (excluding diaryl/α,β-unsaturated/α-hetero) is 6. The highest BCUT2D eigenvalue weighted by molar-refractivity contribution is 6.04. The maximum absolute atomic E-state index is 11.5. The summed E-state index contributed by atoms with van der Waals surface area (Å²) in [7, 11) is 0. The summed E-state index contributed by atoms with van der Waals surface area (Å²) < 4.78 is 0. The zero-order valence-electron chi connectivity index (χ0n) is 63.0. The molecule has 0 radical (unpaired) electrons. The maximum Gasteiger partial charge on any atom is 0.178 e. The molecule has 1 heterocycles. The highest BCUT2D eigenvalue weighted by Crippen LogP contribution is 2.35. The van der Waals surface area contributed by atoms with E-state index in [9.17, 15) is 28.8 Å². The Bertz CT molecular complexity index is 3920. The number of rotatable bonds is 22. The van der Waals surface area contributed by atoms with Gasteiger partial charge in [0.2, 0.25) is 0 Å². The Morgan fingerprint density at radius 2 is 0.724 bits per heavy atom. The molecule has 0 atom stereocenters. The Kier molecular flexibility index (Phi) is 38.3. The van der Waals surface area contributed by atoms with Gasteiger partial charge in [0.25, 0.3) is 0 Å². The number of carbonyl (C=O) groups is 6. The number of hydrogen-bond donors (Lipinski definition) is 0. The molecular formula is C85H109N7O6.